The molecular formula is C17H29BrN2. The second-order valence-corrected chi connectivity index (χ2v) is 7.13. The van der Waals surface area contributed by atoms with Crippen LogP contribution in [0.5, 0.6) is 0 Å². The standard InChI is InChI=1S/C17H29BrN2/c1-6-16(19)17(14-7-9-15(18)10-8-14)20(5)13(4)11-12(2)3/h7-10,12-13,16-17H,6,11,19H2,1-5H3. The molecule has 0 spiro atoms. The molecule has 3 atom stereocenters. The molecule has 2 nitrogen and oxygen atoms in total. The number of nitrogens with two attached hydrogens (primary N) is 1. The van der Waals surface area contributed by atoms with Crippen LogP contribution in [0.15, 0.2) is 28.7 Å². The van der Waals surface area contributed by atoms with E-state index in [2.05, 4.69) is 79.8 Å². The number of halogens is 1. The van der Waals surface area contributed by atoms with Gasteiger partial charge in [0.05, 0.1) is 0 Å². The van der Waals surface area contributed by atoms with Crippen molar-refractivity contribution < 1.29 is 0 Å². The van der Waals surface area contributed by atoms with Crippen molar-refractivity contribution in [3.63, 3.8) is 0 Å². The molecule has 0 aliphatic heterocycles. The van der Waals surface area contributed by atoms with E-state index in [-0.39, 0.29) is 12.1 Å². The first kappa shape index (κ1) is 17.7. The quantitative estimate of drug-likeness (QED) is 0.786. The van der Waals surface area contributed by atoms with E-state index < -0.39 is 0 Å². The molecule has 0 bridgehead atoms. The van der Waals surface area contributed by atoms with Gasteiger partial charge in [0, 0.05) is 22.6 Å². The van der Waals surface area contributed by atoms with Gasteiger partial charge in [0.25, 0.3) is 0 Å². The smallest absolute Gasteiger partial charge is 0.0498 e. The second kappa shape index (κ2) is 8.16. The summed E-state index contributed by atoms with van der Waals surface area (Å²) in [5, 5.41) is 0. The Balaban J connectivity index is 2.97. The lowest BCUT2D eigenvalue weighted by Gasteiger charge is -2.37. The maximum Gasteiger partial charge on any atom is 0.0498 e. The first-order chi connectivity index (χ1) is 9.36. The molecule has 0 aliphatic rings. The Hall–Kier alpha value is -0.380. The van der Waals surface area contributed by atoms with Crippen LogP contribution in [0, 0.1) is 5.92 Å². The van der Waals surface area contributed by atoms with Crippen molar-refractivity contribution >= 4 is 15.9 Å². The normalized spacial score (nSPS) is 16.4. The van der Waals surface area contributed by atoms with Crippen LogP contribution in [0.1, 0.15) is 52.1 Å². The molecule has 1 aromatic rings. The number of likely N-dealkylation sites (N-methyl/N-ethyl adjacent to an activating group) is 1. The van der Waals surface area contributed by atoms with Gasteiger partial charge in [-0.05, 0) is 50.4 Å². The van der Waals surface area contributed by atoms with E-state index in [1.807, 2.05) is 0 Å². The fraction of sp³-hybridized carbons (Fsp3) is 0.647. The molecular weight excluding hydrogens is 312 g/mol. The third-order valence-electron chi connectivity index (χ3n) is 4.04. The van der Waals surface area contributed by atoms with E-state index in [0.29, 0.717) is 12.0 Å². The molecule has 1 rings (SSSR count). The van der Waals surface area contributed by atoms with Crippen molar-refractivity contribution in [1.29, 1.82) is 0 Å². The average Bonchev–Trinajstić information content (AvgIpc) is 2.40. The van der Waals surface area contributed by atoms with Crippen molar-refractivity contribution in [2.24, 2.45) is 11.7 Å². The molecule has 0 saturated heterocycles. The zero-order chi connectivity index (χ0) is 15.3. The highest BCUT2D eigenvalue weighted by Gasteiger charge is 2.26. The molecule has 3 unspecified atom stereocenters. The van der Waals surface area contributed by atoms with Crippen LogP contribution in [-0.2, 0) is 0 Å². The zero-order valence-corrected chi connectivity index (χ0v) is 15.0. The second-order valence-electron chi connectivity index (χ2n) is 6.21. The van der Waals surface area contributed by atoms with Crippen LogP contribution >= 0.6 is 15.9 Å². The summed E-state index contributed by atoms with van der Waals surface area (Å²) in [4.78, 5) is 2.44. The van der Waals surface area contributed by atoms with E-state index >= 15 is 0 Å². The van der Waals surface area contributed by atoms with Gasteiger partial charge in [-0.3, -0.25) is 4.90 Å². The SMILES string of the molecule is CCC(N)C(c1ccc(Br)cc1)N(C)C(C)CC(C)C. The van der Waals surface area contributed by atoms with Crippen LogP contribution < -0.4 is 5.73 Å². The third kappa shape index (κ3) is 4.87. The minimum absolute atomic E-state index is 0.163. The lowest BCUT2D eigenvalue weighted by atomic mass is 9.94. The molecule has 0 fully saturated rings. The summed E-state index contributed by atoms with van der Waals surface area (Å²) in [5.74, 6) is 0.705. The summed E-state index contributed by atoms with van der Waals surface area (Å²) in [5.41, 5.74) is 7.71. The highest BCUT2D eigenvalue weighted by atomic mass is 79.9. The van der Waals surface area contributed by atoms with E-state index in [1.54, 1.807) is 0 Å². The summed E-state index contributed by atoms with van der Waals surface area (Å²) in [6, 6.07) is 9.54. The van der Waals surface area contributed by atoms with E-state index in [0.717, 1.165) is 10.9 Å². The van der Waals surface area contributed by atoms with Gasteiger partial charge in [0.1, 0.15) is 0 Å². The Morgan fingerprint density at radius 3 is 2.15 bits per heavy atom. The van der Waals surface area contributed by atoms with Gasteiger partial charge in [0.2, 0.25) is 0 Å². The average molecular weight is 341 g/mol. The third-order valence-corrected chi connectivity index (χ3v) is 4.56. The first-order valence-electron chi connectivity index (χ1n) is 7.59. The molecule has 2 N–H and O–H groups in total. The summed E-state index contributed by atoms with van der Waals surface area (Å²) in [6.07, 6.45) is 2.18. The Morgan fingerprint density at radius 1 is 1.15 bits per heavy atom. The van der Waals surface area contributed by atoms with Gasteiger partial charge in [-0.1, -0.05) is 48.8 Å². The molecule has 0 aromatic heterocycles. The summed E-state index contributed by atoms with van der Waals surface area (Å²) < 4.78 is 1.11. The lowest BCUT2D eigenvalue weighted by Crippen LogP contribution is -2.43. The summed E-state index contributed by atoms with van der Waals surface area (Å²) >= 11 is 3.50. The van der Waals surface area contributed by atoms with Crippen LogP contribution in [0.2, 0.25) is 0 Å². The highest BCUT2D eigenvalue weighted by molar-refractivity contribution is 9.10. The number of hydrogen-bond acceptors (Lipinski definition) is 2. The first-order valence-corrected chi connectivity index (χ1v) is 8.39. The van der Waals surface area contributed by atoms with Crippen LogP contribution in [0.25, 0.3) is 0 Å². The van der Waals surface area contributed by atoms with Gasteiger partial charge in [0.15, 0.2) is 0 Å². The van der Waals surface area contributed by atoms with Crippen molar-refractivity contribution in [3.05, 3.63) is 34.3 Å². The van der Waals surface area contributed by atoms with Gasteiger partial charge in [-0.2, -0.15) is 0 Å². The Bertz CT molecular complexity index is 388. The molecule has 3 heteroatoms. The van der Waals surface area contributed by atoms with Crippen molar-refractivity contribution in [2.75, 3.05) is 7.05 Å². The predicted molar refractivity (Wildman–Crippen MR) is 91.8 cm³/mol. The summed E-state index contributed by atoms with van der Waals surface area (Å²) in [6.45, 7) is 9.02. The van der Waals surface area contributed by atoms with E-state index in [1.165, 1.54) is 12.0 Å². The molecule has 0 aliphatic carbocycles. The fourth-order valence-electron chi connectivity index (χ4n) is 2.79. The molecule has 0 saturated carbocycles. The maximum absolute atomic E-state index is 6.40. The Morgan fingerprint density at radius 2 is 1.70 bits per heavy atom. The van der Waals surface area contributed by atoms with Crippen LogP contribution in [0.4, 0.5) is 0 Å². The highest BCUT2D eigenvalue weighted by Crippen LogP contribution is 2.28. The monoisotopic (exact) mass is 340 g/mol. The van der Waals surface area contributed by atoms with Gasteiger partial charge in [-0.25, -0.2) is 0 Å². The maximum atomic E-state index is 6.40. The molecule has 20 heavy (non-hydrogen) atoms. The number of hydrogen-bond donors (Lipinski definition) is 1. The zero-order valence-electron chi connectivity index (χ0n) is 13.4. The fourth-order valence-corrected chi connectivity index (χ4v) is 3.05. The Kier molecular flexibility index (Phi) is 7.21. The summed E-state index contributed by atoms with van der Waals surface area (Å²) in [7, 11) is 2.20. The van der Waals surface area contributed by atoms with Crippen molar-refractivity contribution in [1.82, 2.24) is 4.90 Å². The molecule has 114 valence electrons. The largest absolute Gasteiger partial charge is 0.326 e. The molecule has 0 amide bonds. The van der Waals surface area contributed by atoms with E-state index in [4.69, 9.17) is 5.73 Å². The number of rotatable bonds is 7. The number of benzene rings is 1. The van der Waals surface area contributed by atoms with Crippen molar-refractivity contribution in [2.45, 2.75) is 58.7 Å². The van der Waals surface area contributed by atoms with Crippen molar-refractivity contribution in [3.8, 4) is 0 Å². The van der Waals surface area contributed by atoms with Gasteiger partial charge >= 0.3 is 0 Å². The molecule has 1 aromatic carbocycles. The van der Waals surface area contributed by atoms with Crippen LogP contribution in [-0.4, -0.2) is 24.0 Å². The molecule has 0 radical (unpaired) electrons. The van der Waals surface area contributed by atoms with E-state index in [9.17, 15) is 0 Å². The van der Waals surface area contributed by atoms with Gasteiger partial charge < -0.3 is 5.73 Å². The minimum atomic E-state index is 0.163. The van der Waals surface area contributed by atoms with Gasteiger partial charge in [-0.15, -0.1) is 0 Å². The molecule has 0 heterocycles. The minimum Gasteiger partial charge on any atom is -0.326 e. The number of nitrogens with zero attached hydrogens (tertiary/aromatic N) is 1. The lowest BCUT2D eigenvalue weighted by molar-refractivity contribution is 0.142. The van der Waals surface area contributed by atoms with Crippen LogP contribution in [0.3, 0.4) is 0 Å². The predicted octanol–water partition coefficient (Wildman–Crippen LogP) is 4.59. The Labute approximate surface area is 132 Å². The topological polar surface area (TPSA) is 29.3 Å².